The molecule has 0 spiro atoms. The summed E-state index contributed by atoms with van der Waals surface area (Å²) < 4.78 is 40.2. The molecular formula is C12H11F3O2. The van der Waals surface area contributed by atoms with Crippen molar-refractivity contribution in [1.29, 1.82) is 0 Å². The molecule has 0 aliphatic rings. The first-order chi connectivity index (χ1) is 7.79. The van der Waals surface area contributed by atoms with Crippen molar-refractivity contribution in [1.82, 2.24) is 0 Å². The van der Waals surface area contributed by atoms with Gasteiger partial charge in [-0.2, -0.15) is 0 Å². The van der Waals surface area contributed by atoms with Gasteiger partial charge in [0.25, 0.3) is 0 Å². The van der Waals surface area contributed by atoms with E-state index in [0.717, 1.165) is 0 Å². The van der Waals surface area contributed by atoms with Gasteiger partial charge in [0.2, 0.25) is 0 Å². The van der Waals surface area contributed by atoms with Crippen molar-refractivity contribution in [2.24, 2.45) is 0 Å². The molecule has 0 atom stereocenters. The Morgan fingerprint density at radius 2 is 1.82 bits per heavy atom. The van der Waals surface area contributed by atoms with Crippen LogP contribution >= 0.6 is 0 Å². The Labute approximate surface area is 96.7 Å². The van der Waals surface area contributed by atoms with E-state index >= 15 is 0 Å². The number of para-hydroxylation sites is 1. The van der Waals surface area contributed by atoms with Crippen LogP contribution in [0.3, 0.4) is 0 Å². The third kappa shape index (κ3) is 4.30. The molecule has 5 heteroatoms. The highest BCUT2D eigenvalue weighted by Gasteiger charge is 2.31. The first kappa shape index (κ1) is 13.3. The Bertz CT molecular complexity index is 447. The molecule has 0 fully saturated rings. The normalized spacial score (nSPS) is 12.4. The Hall–Kier alpha value is -1.78. The number of carbonyl (C=O) groups excluding carboxylic acids is 1. The fourth-order valence-electron chi connectivity index (χ4n) is 1.15. The van der Waals surface area contributed by atoms with Gasteiger partial charge < -0.3 is 4.74 Å². The van der Waals surface area contributed by atoms with Gasteiger partial charge in [-0.15, -0.1) is 13.2 Å². The van der Waals surface area contributed by atoms with Gasteiger partial charge in [0.15, 0.2) is 5.78 Å². The molecule has 0 N–H and O–H groups in total. The molecule has 0 aliphatic carbocycles. The lowest BCUT2D eigenvalue weighted by molar-refractivity contribution is -0.274. The minimum absolute atomic E-state index is 0.202. The fourth-order valence-corrected chi connectivity index (χ4v) is 1.15. The summed E-state index contributed by atoms with van der Waals surface area (Å²) in [6, 6.07) is 5.66. The van der Waals surface area contributed by atoms with Crippen LogP contribution in [0.15, 0.2) is 29.8 Å². The summed E-state index contributed by atoms with van der Waals surface area (Å²) >= 11 is 0. The van der Waals surface area contributed by atoms with Crippen LogP contribution in [0.2, 0.25) is 0 Å². The molecule has 0 radical (unpaired) electrons. The topological polar surface area (TPSA) is 26.3 Å². The molecule has 0 bridgehead atoms. The number of alkyl halides is 3. The molecule has 1 aromatic carbocycles. The number of Topliss-reactive ketones (excluding diaryl/α,β-unsaturated/α-hetero) is 1. The molecule has 0 amide bonds. The van der Waals surface area contributed by atoms with E-state index in [2.05, 4.69) is 4.74 Å². The predicted molar refractivity (Wildman–Crippen MR) is 57.5 cm³/mol. The zero-order chi connectivity index (χ0) is 13.1. The van der Waals surface area contributed by atoms with E-state index in [1.165, 1.54) is 38.1 Å². The van der Waals surface area contributed by atoms with E-state index in [4.69, 9.17) is 0 Å². The van der Waals surface area contributed by atoms with Crippen molar-refractivity contribution in [3.05, 3.63) is 35.4 Å². The zero-order valence-electron chi connectivity index (χ0n) is 9.34. The number of halogens is 3. The molecule has 1 rings (SSSR count). The number of allylic oxidation sites excluding steroid dienone is 1. The van der Waals surface area contributed by atoms with Crippen molar-refractivity contribution < 1.29 is 22.7 Å². The third-order valence-electron chi connectivity index (χ3n) is 2.07. The first-order valence-corrected chi connectivity index (χ1v) is 4.83. The van der Waals surface area contributed by atoms with Gasteiger partial charge in [0, 0.05) is 5.56 Å². The van der Waals surface area contributed by atoms with E-state index in [1.54, 1.807) is 6.07 Å². The lowest BCUT2D eigenvalue weighted by Crippen LogP contribution is -2.17. The van der Waals surface area contributed by atoms with Crippen molar-refractivity contribution in [3.63, 3.8) is 0 Å². The summed E-state index contributed by atoms with van der Waals surface area (Å²) in [5.74, 6) is -0.521. The third-order valence-corrected chi connectivity index (χ3v) is 2.07. The monoisotopic (exact) mass is 244 g/mol. The van der Waals surface area contributed by atoms with E-state index in [1.807, 2.05) is 0 Å². The number of benzene rings is 1. The molecule has 2 nitrogen and oxygen atoms in total. The quantitative estimate of drug-likeness (QED) is 0.759. The van der Waals surface area contributed by atoms with Crippen LogP contribution < -0.4 is 4.74 Å². The van der Waals surface area contributed by atoms with Crippen LogP contribution in [0.5, 0.6) is 5.75 Å². The number of carbonyl (C=O) groups is 1. The lowest BCUT2D eigenvalue weighted by atomic mass is 10.1. The molecule has 0 aromatic heterocycles. The number of hydrogen-bond acceptors (Lipinski definition) is 2. The number of hydrogen-bond donors (Lipinski definition) is 0. The molecule has 0 heterocycles. The average molecular weight is 244 g/mol. The summed E-state index contributed by atoms with van der Waals surface area (Å²) in [4.78, 5) is 11.0. The van der Waals surface area contributed by atoms with E-state index in [9.17, 15) is 18.0 Å². The molecule has 1 aromatic rings. The molecule has 17 heavy (non-hydrogen) atoms. The van der Waals surface area contributed by atoms with Crippen LogP contribution in [-0.2, 0) is 4.79 Å². The maximum atomic E-state index is 12.1. The molecule has 0 saturated heterocycles. The van der Waals surface area contributed by atoms with Crippen molar-refractivity contribution in [2.45, 2.75) is 20.2 Å². The second kappa shape index (κ2) is 5.03. The molecule has 0 aliphatic heterocycles. The predicted octanol–water partition coefficient (Wildman–Crippen LogP) is 3.58. The first-order valence-electron chi connectivity index (χ1n) is 4.83. The second-order valence-electron chi connectivity index (χ2n) is 3.47. The summed E-state index contributed by atoms with van der Waals surface area (Å²) in [5.41, 5.74) is 0.584. The SMILES string of the molecule is CC(=O)/C(C)=C/c1ccccc1OC(F)(F)F. The van der Waals surface area contributed by atoms with E-state index < -0.39 is 6.36 Å². The fraction of sp³-hybridized carbons (Fsp3) is 0.250. The average Bonchev–Trinajstić information content (AvgIpc) is 2.18. The van der Waals surface area contributed by atoms with E-state index in [0.29, 0.717) is 5.57 Å². The lowest BCUT2D eigenvalue weighted by Gasteiger charge is -2.11. The maximum absolute atomic E-state index is 12.1. The smallest absolute Gasteiger partial charge is 0.405 e. The van der Waals surface area contributed by atoms with Crippen molar-refractivity contribution in [3.8, 4) is 5.75 Å². The summed E-state index contributed by atoms with van der Waals surface area (Å²) in [6.07, 6.45) is -3.38. The minimum Gasteiger partial charge on any atom is -0.405 e. The highest BCUT2D eigenvalue weighted by molar-refractivity contribution is 5.97. The van der Waals surface area contributed by atoms with Gasteiger partial charge >= 0.3 is 6.36 Å². The van der Waals surface area contributed by atoms with Crippen molar-refractivity contribution in [2.75, 3.05) is 0 Å². The van der Waals surface area contributed by atoms with Crippen LogP contribution in [0.25, 0.3) is 6.08 Å². The highest BCUT2D eigenvalue weighted by atomic mass is 19.4. The van der Waals surface area contributed by atoms with Gasteiger partial charge in [-0.1, -0.05) is 18.2 Å². The second-order valence-corrected chi connectivity index (χ2v) is 3.47. The number of rotatable bonds is 3. The molecule has 92 valence electrons. The van der Waals surface area contributed by atoms with Crippen LogP contribution in [0.1, 0.15) is 19.4 Å². The highest BCUT2D eigenvalue weighted by Crippen LogP contribution is 2.27. The Kier molecular flexibility index (Phi) is 3.93. The Morgan fingerprint density at radius 1 is 1.24 bits per heavy atom. The molecule has 0 unspecified atom stereocenters. The van der Waals surface area contributed by atoms with Crippen LogP contribution in [-0.4, -0.2) is 12.1 Å². The van der Waals surface area contributed by atoms with Gasteiger partial charge in [0.1, 0.15) is 5.75 Å². The largest absolute Gasteiger partial charge is 0.573 e. The summed E-state index contributed by atoms with van der Waals surface area (Å²) in [5, 5.41) is 0. The number of ketones is 1. The summed E-state index contributed by atoms with van der Waals surface area (Å²) in [7, 11) is 0. The Morgan fingerprint density at radius 3 is 2.35 bits per heavy atom. The zero-order valence-corrected chi connectivity index (χ0v) is 9.34. The van der Waals surface area contributed by atoms with Crippen LogP contribution in [0, 0.1) is 0 Å². The van der Waals surface area contributed by atoms with Crippen LogP contribution in [0.4, 0.5) is 13.2 Å². The molecule has 0 saturated carbocycles. The standard InChI is InChI=1S/C12H11F3O2/c1-8(9(2)16)7-10-5-3-4-6-11(10)17-12(13,14)15/h3-7H,1-2H3/b8-7+. The Balaban J connectivity index is 3.09. The molecular weight excluding hydrogens is 233 g/mol. The van der Waals surface area contributed by atoms with Gasteiger partial charge in [-0.3, -0.25) is 4.79 Å². The number of ether oxygens (including phenoxy) is 1. The summed E-state index contributed by atoms with van der Waals surface area (Å²) in [6.45, 7) is 2.88. The maximum Gasteiger partial charge on any atom is 0.573 e. The van der Waals surface area contributed by atoms with Gasteiger partial charge in [-0.05, 0) is 31.6 Å². The van der Waals surface area contributed by atoms with E-state index in [-0.39, 0.29) is 17.1 Å². The van der Waals surface area contributed by atoms with Crippen molar-refractivity contribution >= 4 is 11.9 Å². The minimum atomic E-state index is -4.74. The van der Waals surface area contributed by atoms with Gasteiger partial charge in [0.05, 0.1) is 0 Å². The van der Waals surface area contributed by atoms with Gasteiger partial charge in [-0.25, -0.2) is 0 Å².